The van der Waals surface area contributed by atoms with E-state index in [4.69, 9.17) is 0 Å². The van der Waals surface area contributed by atoms with Crippen LogP contribution in [0.25, 0.3) is 6.08 Å². The van der Waals surface area contributed by atoms with Gasteiger partial charge in [-0.25, -0.2) is 0 Å². The smallest absolute Gasteiger partial charge is 0.0273 e. The second kappa shape index (κ2) is 4.67. The summed E-state index contributed by atoms with van der Waals surface area (Å²) in [5.74, 6) is 0. The van der Waals surface area contributed by atoms with E-state index in [-0.39, 0.29) is 0 Å². The molecule has 0 aliphatic carbocycles. The van der Waals surface area contributed by atoms with E-state index in [0.717, 1.165) is 6.54 Å². The van der Waals surface area contributed by atoms with Crippen molar-refractivity contribution in [2.24, 2.45) is 0 Å². The molecule has 1 aromatic rings. The lowest BCUT2D eigenvalue weighted by molar-refractivity contribution is 0.884. The highest BCUT2D eigenvalue weighted by atomic mass is 14.8. The molecule has 1 heterocycles. The lowest BCUT2D eigenvalue weighted by Crippen LogP contribution is -2.08. The molecule has 1 aromatic heterocycles. The predicted molar refractivity (Wildman–Crippen MR) is 51.8 cm³/mol. The second-order valence-electron chi connectivity index (χ2n) is 2.80. The van der Waals surface area contributed by atoms with E-state index in [9.17, 15) is 0 Å². The minimum absolute atomic E-state index is 0.933. The van der Waals surface area contributed by atoms with Crippen molar-refractivity contribution in [3.63, 3.8) is 0 Å². The maximum Gasteiger partial charge on any atom is 0.0273 e. The topological polar surface area (TPSA) is 24.9 Å². The summed E-state index contributed by atoms with van der Waals surface area (Å²) in [5, 5.41) is 3.10. The third-order valence-corrected chi connectivity index (χ3v) is 1.57. The van der Waals surface area contributed by atoms with Crippen molar-refractivity contribution < 1.29 is 0 Å². The molecule has 0 atom stereocenters. The first kappa shape index (κ1) is 8.94. The highest BCUT2D eigenvalue weighted by Gasteiger charge is 1.88. The number of hydrogen-bond donors (Lipinski definition) is 1. The quantitative estimate of drug-likeness (QED) is 0.731. The van der Waals surface area contributed by atoms with Gasteiger partial charge in [-0.1, -0.05) is 11.6 Å². The molecule has 0 aromatic carbocycles. The van der Waals surface area contributed by atoms with Crippen LogP contribution >= 0.6 is 0 Å². The molecule has 0 spiro atoms. The Labute approximate surface area is 73.3 Å². The van der Waals surface area contributed by atoms with E-state index < -0.39 is 0 Å². The van der Waals surface area contributed by atoms with Crippen molar-refractivity contribution in [1.29, 1.82) is 0 Å². The fraction of sp³-hybridized carbons (Fsp3) is 0.300. The standard InChI is InChI=1S/C10H14N2/c1-9(8-11-2)7-10-3-5-12-6-4-10/h3-7,11H,8H2,1-2H3. The molecule has 0 unspecified atom stereocenters. The van der Waals surface area contributed by atoms with Crippen LogP contribution in [0.15, 0.2) is 30.1 Å². The van der Waals surface area contributed by atoms with Crippen LogP contribution in [0.2, 0.25) is 0 Å². The monoisotopic (exact) mass is 162 g/mol. The van der Waals surface area contributed by atoms with Gasteiger partial charge in [-0.2, -0.15) is 0 Å². The summed E-state index contributed by atoms with van der Waals surface area (Å²) in [5.41, 5.74) is 2.53. The largest absolute Gasteiger partial charge is 0.316 e. The average Bonchev–Trinajstić information content (AvgIpc) is 2.06. The van der Waals surface area contributed by atoms with Crippen LogP contribution in [0.3, 0.4) is 0 Å². The van der Waals surface area contributed by atoms with Crippen LogP contribution in [0.1, 0.15) is 12.5 Å². The van der Waals surface area contributed by atoms with Gasteiger partial charge in [0.2, 0.25) is 0 Å². The van der Waals surface area contributed by atoms with Crippen LogP contribution in [-0.4, -0.2) is 18.6 Å². The van der Waals surface area contributed by atoms with Gasteiger partial charge >= 0.3 is 0 Å². The normalized spacial score (nSPS) is 11.7. The van der Waals surface area contributed by atoms with Gasteiger partial charge in [-0.3, -0.25) is 4.98 Å². The third kappa shape index (κ3) is 2.84. The second-order valence-corrected chi connectivity index (χ2v) is 2.80. The number of hydrogen-bond acceptors (Lipinski definition) is 2. The van der Waals surface area contributed by atoms with Crippen molar-refractivity contribution in [1.82, 2.24) is 10.3 Å². The Hall–Kier alpha value is -1.15. The minimum Gasteiger partial charge on any atom is -0.316 e. The van der Waals surface area contributed by atoms with Crippen molar-refractivity contribution in [3.05, 3.63) is 35.7 Å². The fourth-order valence-corrected chi connectivity index (χ4v) is 1.07. The lowest BCUT2D eigenvalue weighted by atomic mass is 10.2. The first-order valence-electron chi connectivity index (χ1n) is 4.04. The molecule has 0 bridgehead atoms. The molecule has 0 amide bonds. The molecule has 12 heavy (non-hydrogen) atoms. The summed E-state index contributed by atoms with van der Waals surface area (Å²) in [6, 6.07) is 4.00. The number of rotatable bonds is 3. The van der Waals surface area contributed by atoms with E-state index in [2.05, 4.69) is 23.3 Å². The molecule has 0 aliphatic heterocycles. The van der Waals surface area contributed by atoms with Crippen molar-refractivity contribution in [2.45, 2.75) is 6.92 Å². The summed E-state index contributed by atoms with van der Waals surface area (Å²) in [7, 11) is 1.95. The van der Waals surface area contributed by atoms with E-state index in [1.165, 1.54) is 11.1 Å². The fourth-order valence-electron chi connectivity index (χ4n) is 1.07. The molecule has 2 heteroatoms. The molecular formula is C10H14N2. The van der Waals surface area contributed by atoms with Crippen LogP contribution in [-0.2, 0) is 0 Å². The number of nitrogens with one attached hydrogen (secondary N) is 1. The number of likely N-dealkylation sites (N-methyl/N-ethyl adjacent to an activating group) is 1. The van der Waals surface area contributed by atoms with E-state index in [0.29, 0.717) is 0 Å². The van der Waals surface area contributed by atoms with Gasteiger partial charge < -0.3 is 5.32 Å². The summed E-state index contributed by atoms with van der Waals surface area (Å²) in [4.78, 5) is 3.95. The first-order chi connectivity index (χ1) is 5.83. The van der Waals surface area contributed by atoms with Crippen LogP contribution < -0.4 is 5.32 Å². The van der Waals surface area contributed by atoms with Gasteiger partial charge in [0.25, 0.3) is 0 Å². The Bertz CT molecular complexity index is 252. The van der Waals surface area contributed by atoms with Crippen molar-refractivity contribution >= 4 is 6.08 Å². The Kier molecular flexibility index (Phi) is 3.48. The molecule has 2 nitrogen and oxygen atoms in total. The van der Waals surface area contributed by atoms with Gasteiger partial charge in [-0.15, -0.1) is 0 Å². The molecule has 0 saturated carbocycles. The van der Waals surface area contributed by atoms with Crippen LogP contribution in [0, 0.1) is 0 Å². The van der Waals surface area contributed by atoms with Gasteiger partial charge in [0.05, 0.1) is 0 Å². The maximum atomic E-state index is 3.95. The predicted octanol–water partition coefficient (Wildman–Crippen LogP) is 1.70. The Morgan fingerprint density at radius 3 is 2.75 bits per heavy atom. The summed E-state index contributed by atoms with van der Waals surface area (Å²) in [6.07, 6.45) is 5.76. The van der Waals surface area contributed by atoms with Gasteiger partial charge in [-0.05, 0) is 31.7 Å². The van der Waals surface area contributed by atoms with Gasteiger partial charge in [0.15, 0.2) is 0 Å². The zero-order chi connectivity index (χ0) is 8.81. The zero-order valence-electron chi connectivity index (χ0n) is 7.54. The Morgan fingerprint density at radius 1 is 1.50 bits per heavy atom. The molecule has 1 N–H and O–H groups in total. The van der Waals surface area contributed by atoms with E-state index in [1.807, 2.05) is 19.2 Å². The average molecular weight is 162 g/mol. The minimum atomic E-state index is 0.933. The third-order valence-electron chi connectivity index (χ3n) is 1.57. The maximum absolute atomic E-state index is 3.95. The highest BCUT2D eigenvalue weighted by molar-refractivity contribution is 5.51. The Morgan fingerprint density at radius 2 is 2.17 bits per heavy atom. The molecule has 0 aliphatic rings. The van der Waals surface area contributed by atoms with Crippen LogP contribution in [0.5, 0.6) is 0 Å². The number of nitrogens with zero attached hydrogens (tertiary/aromatic N) is 1. The number of pyridine rings is 1. The van der Waals surface area contributed by atoms with Gasteiger partial charge in [0, 0.05) is 18.9 Å². The SMILES string of the molecule is CNCC(C)=Cc1ccncc1. The number of aromatic nitrogens is 1. The molecule has 0 radical (unpaired) electrons. The zero-order valence-corrected chi connectivity index (χ0v) is 7.54. The molecule has 1 rings (SSSR count). The molecule has 0 saturated heterocycles. The van der Waals surface area contributed by atoms with E-state index in [1.54, 1.807) is 12.4 Å². The first-order valence-corrected chi connectivity index (χ1v) is 4.04. The molecule has 0 fully saturated rings. The van der Waals surface area contributed by atoms with Gasteiger partial charge in [0.1, 0.15) is 0 Å². The van der Waals surface area contributed by atoms with Crippen molar-refractivity contribution in [3.8, 4) is 0 Å². The molecular weight excluding hydrogens is 148 g/mol. The summed E-state index contributed by atoms with van der Waals surface area (Å²) >= 11 is 0. The summed E-state index contributed by atoms with van der Waals surface area (Å²) < 4.78 is 0. The van der Waals surface area contributed by atoms with E-state index >= 15 is 0 Å². The van der Waals surface area contributed by atoms with Crippen LogP contribution in [0.4, 0.5) is 0 Å². The lowest BCUT2D eigenvalue weighted by Gasteiger charge is -1.98. The summed E-state index contributed by atoms with van der Waals surface area (Å²) in [6.45, 7) is 3.04. The highest BCUT2D eigenvalue weighted by Crippen LogP contribution is 2.03. The Balaban J connectivity index is 2.67. The van der Waals surface area contributed by atoms with Crippen molar-refractivity contribution in [2.75, 3.05) is 13.6 Å². The molecule has 64 valence electrons.